The number of pyridine rings is 1. The van der Waals surface area contributed by atoms with Crippen molar-refractivity contribution in [1.29, 1.82) is 0 Å². The van der Waals surface area contributed by atoms with Crippen LogP contribution in [0.2, 0.25) is 0 Å². The van der Waals surface area contributed by atoms with Crippen molar-refractivity contribution in [2.24, 2.45) is 0 Å². The summed E-state index contributed by atoms with van der Waals surface area (Å²) in [7, 11) is 0. The van der Waals surface area contributed by atoms with Gasteiger partial charge in [0.05, 0.1) is 4.92 Å². The quantitative estimate of drug-likeness (QED) is 0.681. The summed E-state index contributed by atoms with van der Waals surface area (Å²) in [5.41, 5.74) is 1.38. The molecule has 0 fully saturated rings. The SMILES string of the molecule is Cc1c(Br)cnc(-c2ccc(O)cc2)c1[N+](=O)[O-]. The molecule has 0 amide bonds. The number of halogens is 1. The lowest BCUT2D eigenvalue weighted by molar-refractivity contribution is -0.385. The Bertz CT molecular complexity index is 611. The molecule has 0 radical (unpaired) electrons. The van der Waals surface area contributed by atoms with E-state index in [1.807, 2.05) is 0 Å². The summed E-state index contributed by atoms with van der Waals surface area (Å²) in [6, 6.07) is 6.13. The van der Waals surface area contributed by atoms with Crippen LogP contribution in [0.1, 0.15) is 5.56 Å². The van der Waals surface area contributed by atoms with E-state index in [4.69, 9.17) is 0 Å². The number of benzene rings is 1. The van der Waals surface area contributed by atoms with E-state index in [1.165, 1.54) is 18.3 Å². The number of phenols is 1. The van der Waals surface area contributed by atoms with Crippen LogP contribution in [-0.2, 0) is 0 Å². The van der Waals surface area contributed by atoms with Gasteiger partial charge in [0.25, 0.3) is 5.69 Å². The fraction of sp³-hybridized carbons (Fsp3) is 0.0833. The highest BCUT2D eigenvalue weighted by molar-refractivity contribution is 9.10. The summed E-state index contributed by atoms with van der Waals surface area (Å²) < 4.78 is 0.594. The Hall–Kier alpha value is -1.95. The molecule has 0 bridgehead atoms. The van der Waals surface area contributed by atoms with Gasteiger partial charge in [-0.2, -0.15) is 0 Å². The lowest BCUT2D eigenvalue weighted by Crippen LogP contribution is -1.98. The zero-order chi connectivity index (χ0) is 13.3. The van der Waals surface area contributed by atoms with Crippen LogP contribution >= 0.6 is 15.9 Å². The number of aromatic nitrogens is 1. The Morgan fingerprint density at radius 3 is 2.50 bits per heavy atom. The van der Waals surface area contributed by atoms with Crippen LogP contribution in [0.5, 0.6) is 5.75 Å². The topological polar surface area (TPSA) is 76.3 Å². The van der Waals surface area contributed by atoms with Gasteiger partial charge in [0, 0.05) is 21.8 Å². The third-order valence-corrected chi connectivity index (χ3v) is 3.37. The number of phenolic OH excluding ortho intramolecular Hbond substituents is 1. The molecule has 0 atom stereocenters. The van der Waals surface area contributed by atoms with Crippen molar-refractivity contribution in [3.05, 3.63) is 50.6 Å². The monoisotopic (exact) mass is 308 g/mol. The van der Waals surface area contributed by atoms with E-state index in [1.54, 1.807) is 19.1 Å². The molecule has 2 rings (SSSR count). The minimum atomic E-state index is -0.449. The van der Waals surface area contributed by atoms with Gasteiger partial charge in [0.15, 0.2) is 0 Å². The van der Waals surface area contributed by atoms with Gasteiger partial charge in [-0.05, 0) is 47.1 Å². The first-order chi connectivity index (χ1) is 8.50. The smallest absolute Gasteiger partial charge is 0.299 e. The summed E-state index contributed by atoms with van der Waals surface area (Å²) in [5, 5.41) is 20.3. The second kappa shape index (κ2) is 4.73. The van der Waals surface area contributed by atoms with Gasteiger partial charge in [-0.1, -0.05) is 0 Å². The highest BCUT2D eigenvalue weighted by Gasteiger charge is 2.22. The molecular formula is C12H9BrN2O3. The van der Waals surface area contributed by atoms with Gasteiger partial charge in [0.1, 0.15) is 11.4 Å². The second-order valence-electron chi connectivity index (χ2n) is 3.73. The molecule has 0 saturated heterocycles. The predicted molar refractivity (Wildman–Crippen MR) is 70.4 cm³/mol. The summed E-state index contributed by atoms with van der Waals surface area (Å²) >= 11 is 3.23. The Balaban J connectivity index is 2.68. The van der Waals surface area contributed by atoms with Gasteiger partial charge in [-0.25, -0.2) is 4.98 Å². The van der Waals surface area contributed by atoms with Crippen LogP contribution in [-0.4, -0.2) is 15.0 Å². The Kier molecular flexibility index (Phi) is 3.29. The van der Waals surface area contributed by atoms with Gasteiger partial charge in [-0.3, -0.25) is 10.1 Å². The highest BCUT2D eigenvalue weighted by atomic mass is 79.9. The number of nitrogens with zero attached hydrogens (tertiary/aromatic N) is 2. The molecule has 92 valence electrons. The molecule has 6 heteroatoms. The molecule has 1 heterocycles. The zero-order valence-electron chi connectivity index (χ0n) is 9.42. The average Bonchev–Trinajstić information content (AvgIpc) is 2.33. The van der Waals surface area contributed by atoms with E-state index >= 15 is 0 Å². The molecule has 2 aromatic rings. The fourth-order valence-electron chi connectivity index (χ4n) is 1.62. The van der Waals surface area contributed by atoms with Crippen molar-refractivity contribution in [2.75, 3.05) is 0 Å². The second-order valence-corrected chi connectivity index (χ2v) is 4.59. The molecule has 5 nitrogen and oxygen atoms in total. The molecular weight excluding hydrogens is 300 g/mol. The third kappa shape index (κ3) is 2.19. The van der Waals surface area contributed by atoms with Crippen LogP contribution in [0.15, 0.2) is 34.9 Å². The van der Waals surface area contributed by atoms with Crippen molar-refractivity contribution in [3.8, 4) is 17.0 Å². The largest absolute Gasteiger partial charge is 0.508 e. The normalized spacial score (nSPS) is 10.3. The first-order valence-electron chi connectivity index (χ1n) is 5.09. The third-order valence-electron chi connectivity index (χ3n) is 2.57. The molecule has 1 aromatic carbocycles. The molecule has 1 aromatic heterocycles. The Labute approximate surface area is 111 Å². The lowest BCUT2D eigenvalue weighted by atomic mass is 10.1. The molecule has 1 N–H and O–H groups in total. The Morgan fingerprint density at radius 1 is 1.33 bits per heavy atom. The van der Waals surface area contributed by atoms with Crippen LogP contribution in [0.4, 0.5) is 5.69 Å². The number of nitro groups is 1. The molecule has 18 heavy (non-hydrogen) atoms. The number of aromatic hydroxyl groups is 1. The summed E-state index contributed by atoms with van der Waals surface area (Å²) in [6.45, 7) is 1.66. The summed E-state index contributed by atoms with van der Waals surface area (Å²) in [5.74, 6) is 0.107. The van der Waals surface area contributed by atoms with Crippen molar-refractivity contribution < 1.29 is 10.0 Å². The van der Waals surface area contributed by atoms with Crippen molar-refractivity contribution in [1.82, 2.24) is 4.98 Å². The molecule has 0 spiro atoms. The van der Waals surface area contributed by atoms with Crippen LogP contribution in [0.25, 0.3) is 11.3 Å². The van der Waals surface area contributed by atoms with Crippen LogP contribution in [0, 0.1) is 17.0 Å². The standard InChI is InChI=1S/C12H9BrN2O3/c1-7-10(13)6-14-11(12(7)15(17)18)8-2-4-9(16)5-3-8/h2-6,16H,1H3. The first kappa shape index (κ1) is 12.5. The van der Waals surface area contributed by atoms with E-state index in [0.717, 1.165) is 0 Å². The maximum atomic E-state index is 11.1. The molecule has 0 saturated carbocycles. The Morgan fingerprint density at radius 2 is 1.94 bits per heavy atom. The van der Waals surface area contributed by atoms with Crippen molar-refractivity contribution in [2.45, 2.75) is 6.92 Å². The van der Waals surface area contributed by atoms with Gasteiger partial charge in [0.2, 0.25) is 0 Å². The van der Waals surface area contributed by atoms with Crippen molar-refractivity contribution in [3.63, 3.8) is 0 Å². The summed E-state index contributed by atoms with van der Waals surface area (Å²) in [6.07, 6.45) is 1.53. The van der Waals surface area contributed by atoms with E-state index in [-0.39, 0.29) is 11.4 Å². The molecule has 0 aliphatic rings. The number of hydrogen-bond acceptors (Lipinski definition) is 4. The molecule has 0 unspecified atom stereocenters. The van der Waals surface area contributed by atoms with Crippen LogP contribution < -0.4 is 0 Å². The number of rotatable bonds is 2. The number of hydrogen-bond donors (Lipinski definition) is 1. The highest BCUT2D eigenvalue weighted by Crippen LogP contribution is 2.34. The molecule has 0 aliphatic carbocycles. The van der Waals surface area contributed by atoms with Crippen molar-refractivity contribution >= 4 is 21.6 Å². The van der Waals surface area contributed by atoms with Gasteiger partial charge < -0.3 is 5.11 Å². The van der Waals surface area contributed by atoms with E-state index in [0.29, 0.717) is 21.3 Å². The maximum Gasteiger partial charge on any atom is 0.299 e. The lowest BCUT2D eigenvalue weighted by Gasteiger charge is -2.06. The minimum absolute atomic E-state index is 0.0323. The van der Waals surface area contributed by atoms with Gasteiger partial charge in [-0.15, -0.1) is 0 Å². The van der Waals surface area contributed by atoms with E-state index in [2.05, 4.69) is 20.9 Å². The zero-order valence-corrected chi connectivity index (χ0v) is 11.0. The average molecular weight is 309 g/mol. The fourth-order valence-corrected chi connectivity index (χ4v) is 1.91. The molecule has 0 aliphatic heterocycles. The first-order valence-corrected chi connectivity index (χ1v) is 5.89. The van der Waals surface area contributed by atoms with E-state index < -0.39 is 4.92 Å². The van der Waals surface area contributed by atoms with E-state index in [9.17, 15) is 15.2 Å². The predicted octanol–water partition coefficient (Wildman–Crippen LogP) is 3.43. The van der Waals surface area contributed by atoms with Crippen LogP contribution in [0.3, 0.4) is 0 Å². The minimum Gasteiger partial charge on any atom is -0.508 e. The summed E-state index contributed by atoms with van der Waals surface area (Å²) in [4.78, 5) is 14.8. The van der Waals surface area contributed by atoms with Gasteiger partial charge >= 0.3 is 0 Å². The maximum absolute atomic E-state index is 11.1.